The standard InChI is InChI=1S/C9H18N2/c1-7-5-10(4)8-6-11(7)9(8,2)3/h7-8H,5-6H2,1-4H3. The van der Waals surface area contributed by atoms with E-state index in [9.17, 15) is 0 Å². The van der Waals surface area contributed by atoms with Crippen molar-refractivity contribution in [2.24, 2.45) is 0 Å². The SMILES string of the molecule is CC1CN(C)C2CN1C2(C)C. The molecule has 0 amide bonds. The predicted octanol–water partition coefficient (Wildman–Crippen LogP) is 0.783. The van der Waals surface area contributed by atoms with Gasteiger partial charge in [-0.15, -0.1) is 0 Å². The highest BCUT2D eigenvalue weighted by Gasteiger charge is 2.53. The van der Waals surface area contributed by atoms with Crippen molar-refractivity contribution in [2.45, 2.75) is 38.4 Å². The summed E-state index contributed by atoms with van der Waals surface area (Å²) in [4.78, 5) is 5.11. The lowest BCUT2D eigenvalue weighted by Crippen LogP contribution is -2.79. The largest absolute Gasteiger partial charge is 0.299 e. The van der Waals surface area contributed by atoms with Crippen LogP contribution in [0.25, 0.3) is 0 Å². The van der Waals surface area contributed by atoms with Crippen molar-refractivity contribution in [3.05, 3.63) is 0 Å². The zero-order valence-corrected chi connectivity index (χ0v) is 7.96. The minimum atomic E-state index is 0.437. The molecule has 0 N–H and O–H groups in total. The zero-order valence-electron chi connectivity index (χ0n) is 7.96. The molecular formula is C9H18N2. The maximum absolute atomic E-state index is 2.61. The number of nitrogens with zero attached hydrogens (tertiary/aromatic N) is 2. The Morgan fingerprint density at radius 2 is 1.91 bits per heavy atom. The highest BCUT2D eigenvalue weighted by molar-refractivity contribution is 5.11. The van der Waals surface area contributed by atoms with Gasteiger partial charge in [-0.2, -0.15) is 0 Å². The van der Waals surface area contributed by atoms with E-state index in [1.54, 1.807) is 0 Å². The first-order valence-electron chi connectivity index (χ1n) is 4.50. The van der Waals surface area contributed by atoms with Gasteiger partial charge in [0.2, 0.25) is 0 Å². The molecule has 0 aromatic carbocycles. The molecule has 3 heterocycles. The summed E-state index contributed by atoms with van der Waals surface area (Å²) in [6.07, 6.45) is 0. The van der Waals surface area contributed by atoms with Gasteiger partial charge in [-0.3, -0.25) is 9.80 Å². The molecule has 64 valence electrons. The average Bonchev–Trinajstić information content (AvgIpc) is 1.84. The molecule has 11 heavy (non-hydrogen) atoms. The molecule has 3 fully saturated rings. The first-order chi connectivity index (χ1) is 5.03. The number of hydrogen-bond donors (Lipinski definition) is 0. The molecule has 2 bridgehead atoms. The van der Waals surface area contributed by atoms with Gasteiger partial charge in [-0.1, -0.05) is 0 Å². The second-order valence-corrected chi connectivity index (χ2v) is 4.61. The lowest BCUT2D eigenvalue weighted by Gasteiger charge is -2.65. The first kappa shape index (κ1) is 7.56. The third-order valence-electron chi connectivity index (χ3n) is 3.54. The maximum Gasteiger partial charge on any atom is 0.0400 e. The fraction of sp³-hybridized carbons (Fsp3) is 1.00. The Balaban J connectivity index is 2.20. The Bertz CT molecular complexity index is 160. The van der Waals surface area contributed by atoms with Crippen LogP contribution < -0.4 is 0 Å². The van der Waals surface area contributed by atoms with Gasteiger partial charge in [0.05, 0.1) is 0 Å². The minimum absolute atomic E-state index is 0.437. The molecule has 2 heteroatoms. The third-order valence-corrected chi connectivity index (χ3v) is 3.54. The lowest BCUT2D eigenvalue weighted by atomic mass is 9.77. The van der Waals surface area contributed by atoms with Crippen molar-refractivity contribution in [1.82, 2.24) is 9.80 Å². The first-order valence-corrected chi connectivity index (χ1v) is 4.50. The molecule has 0 aromatic heterocycles. The van der Waals surface area contributed by atoms with Gasteiger partial charge in [0.15, 0.2) is 0 Å². The Morgan fingerprint density at radius 1 is 1.27 bits per heavy atom. The minimum Gasteiger partial charge on any atom is -0.299 e. The average molecular weight is 154 g/mol. The predicted molar refractivity (Wildman–Crippen MR) is 46.7 cm³/mol. The summed E-state index contributed by atoms with van der Waals surface area (Å²) in [5.41, 5.74) is 0.437. The highest BCUT2D eigenvalue weighted by atomic mass is 15.4. The summed E-state index contributed by atoms with van der Waals surface area (Å²) in [7, 11) is 2.25. The smallest absolute Gasteiger partial charge is 0.0400 e. The van der Waals surface area contributed by atoms with Crippen LogP contribution in [-0.2, 0) is 0 Å². The normalized spacial score (nSPS) is 48.5. The Hall–Kier alpha value is -0.0800. The number of rotatable bonds is 0. The van der Waals surface area contributed by atoms with Crippen LogP contribution in [0.15, 0.2) is 0 Å². The van der Waals surface area contributed by atoms with Crippen molar-refractivity contribution in [1.29, 1.82) is 0 Å². The van der Waals surface area contributed by atoms with Crippen LogP contribution in [0, 0.1) is 0 Å². The van der Waals surface area contributed by atoms with E-state index in [4.69, 9.17) is 0 Å². The molecule has 3 rings (SSSR count). The molecule has 3 aliphatic heterocycles. The van der Waals surface area contributed by atoms with Gasteiger partial charge in [-0.25, -0.2) is 0 Å². The number of fused-ring (bicyclic) bond motifs is 2. The van der Waals surface area contributed by atoms with Crippen LogP contribution in [-0.4, -0.2) is 47.6 Å². The molecule has 3 atom stereocenters. The monoisotopic (exact) mass is 154 g/mol. The lowest BCUT2D eigenvalue weighted by molar-refractivity contribution is -0.152. The summed E-state index contributed by atoms with van der Waals surface area (Å²) in [5.74, 6) is 0. The van der Waals surface area contributed by atoms with E-state index in [1.807, 2.05) is 0 Å². The van der Waals surface area contributed by atoms with Crippen molar-refractivity contribution in [3.8, 4) is 0 Å². The molecule has 3 aliphatic rings. The molecule has 0 aromatic rings. The Morgan fingerprint density at radius 3 is 2.27 bits per heavy atom. The van der Waals surface area contributed by atoms with Crippen molar-refractivity contribution < 1.29 is 0 Å². The quantitative estimate of drug-likeness (QED) is 0.509. The molecule has 3 saturated heterocycles. The van der Waals surface area contributed by atoms with E-state index in [-0.39, 0.29) is 0 Å². The van der Waals surface area contributed by atoms with Crippen LogP contribution in [0.3, 0.4) is 0 Å². The van der Waals surface area contributed by atoms with Crippen LogP contribution >= 0.6 is 0 Å². The second-order valence-electron chi connectivity index (χ2n) is 4.61. The third kappa shape index (κ3) is 0.798. The van der Waals surface area contributed by atoms with Crippen molar-refractivity contribution in [2.75, 3.05) is 20.1 Å². The van der Waals surface area contributed by atoms with Crippen LogP contribution in [0.4, 0.5) is 0 Å². The molecule has 0 spiro atoms. The molecule has 3 unspecified atom stereocenters. The maximum atomic E-state index is 2.61. The van der Waals surface area contributed by atoms with E-state index in [0.717, 1.165) is 12.1 Å². The fourth-order valence-corrected chi connectivity index (χ4v) is 2.79. The topological polar surface area (TPSA) is 6.48 Å². The van der Waals surface area contributed by atoms with Crippen LogP contribution in [0.2, 0.25) is 0 Å². The molecular weight excluding hydrogens is 136 g/mol. The van der Waals surface area contributed by atoms with Gasteiger partial charge in [-0.05, 0) is 27.8 Å². The van der Waals surface area contributed by atoms with E-state index >= 15 is 0 Å². The summed E-state index contributed by atoms with van der Waals surface area (Å²) in [6, 6.07) is 1.55. The summed E-state index contributed by atoms with van der Waals surface area (Å²) >= 11 is 0. The van der Waals surface area contributed by atoms with Gasteiger partial charge >= 0.3 is 0 Å². The van der Waals surface area contributed by atoms with Gasteiger partial charge in [0.1, 0.15) is 0 Å². The van der Waals surface area contributed by atoms with Gasteiger partial charge in [0, 0.05) is 30.7 Å². The molecule has 2 nitrogen and oxygen atoms in total. The Kier molecular flexibility index (Phi) is 1.37. The summed E-state index contributed by atoms with van der Waals surface area (Å²) < 4.78 is 0. The number of hydrogen-bond acceptors (Lipinski definition) is 2. The van der Waals surface area contributed by atoms with Gasteiger partial charge in [0.25, 0.3) is 0 Å². The van der Waals surface area contributed by atoms with E-state index in [2.05, 4.69) is 37.6 Å². The van der Waals surface area contributed by atoms with Crippen molar-refractivity contribution >= 4 is 0 Å². The van der Waals surface area contributed by atoms with E-state index in [1.165, 1.54) is 13.1 Å². The molecule has 0 radical (unpaired) electrons. The van der Waals surface area contributed by atoms with Crippen LogP contribution in [0.1, 0.15) is 20.8 Å². The number of likely N-dealkylation sites (N-methyl/N-ethyl adjacent to an activating group) is 1. The zero-order chi connectivity index (χ0) is 8.22. The van der Waals surface area contributed by atoms with Crippen LogP contribution in [0.5, 0.6) is 0 Å². The second kappa shape index (κ2) is 1.99. The molecule has 0 aliphatic carbocycles. The highest BCUT2D eigenvalue weighted by Crippen LogP contribution is 2.39. The Labute approximate surface area is 69.2 Å². The van der Waals surface area contributed by atoms with Crippen molar-refractivity contribution in [3.63, 3.8) is 0 Å². The van der Waals surface area contributed by atoms with E-state index in [0.29, 0.717) is 5.54 Å². The van der Waals surface area contributed by atoms with Gasteiger partial charge < -0.3 is 0 Å². The van der Waals surface area contributed by atoms with E-state index < -0.39 is 0 Å². The fourth-order valence-electron chi connectivity index (χ4n) is 2.79. The molecule has 0 saturated carbocycles. The summed E-state index contributed by atoms with van der Waals surface area (Å²) in [5, 5.41) is 0. The summed E-state index contributed by atoms with van der Waals surface area (Å²) in [6.45, 7) is 9.56. The number of piperazine rings is 2.